The molecule has 0 aromatic heterocycles. The van der Waals surface area contributed by atoms with E-state index in [0.29, 0.717) is 12.8 Å². The van der Waals surface area contributed by atoms with Gasteiger partial charge >= 0.3 is 25.7 Å². The first-order chi connectivity index (χ1) is 30.1. The van der Waals surface area contributed by atoms with Crippen molar-refractivity contribution in [1.29, 1.82) is 0 Å². The lowest BCUT2D eigenvalue weighted by Crippen LogP contribution is -2.34. The number of phosphoric acid groups is 1. The summed E-state index contributed by atoms with van der Waals surface area (Å²) in [6.45, 7) is 2.87. The van der Waals surface area contributed by atoms with Crippen molar-refractivity contribution >= 4 is 25.7 Å². The lowest BCUT2D eigenvalue weighted by molar-refractivity contribution is -0.161. The molecule has 0 radical (unpaired) electrons. The van der Waals surface area contributed by atoms with Gasteiger partial charge in [0.2, 0.25) is 0 Å². The van der Waals surface area contributed by atoms with Crippen molar-refractivity contribution < 1.29 is 47.5 Å². The quantitative estimate of drug-likeness (QED) is 0.0301. The number of phosphoric ester groups is 1. The van der Waals surface area contributed by atoms with Crippen LogP contribution in [0.4, 0.5) is 0 Å². The molecule has 0 saturated carbocycles. The molecule has 0 aliphatic carbocycles. The van der Waals surface area contributed by atoms with Gasteiger partial charge in [-0.1, -0.05) is 245 Å². The van der Waals surface area contributed by atoms with Gasteiger partial charge in [0.1, 0.15) is 12.6 Å². The maximum atomic E-state index is 12.7. The van der Waals surface area contributed by atoms with Gasteiger partial charge in [0.15, 0.2) is 6.10 Å². The molecule has 0 heterocycles. The molecular weight excluding hydrogens is 806 g/mol. The molecule has 0 saturated heterocycles. The summed E-state index contributed by atoms with van der Waals surface area (Å²) in [6.07, 6.45) is 47.4. The molecule has 0 aliphatic heterocycles. The second-order valence-electron chi connectivity index (χ2n) is 18.0. The fourth-order valence-corrected chi connectivity index (χ4v) is 8.55. The summed E-state index contributed by atoms with van der Waals surface area (Å²) >= 11 is 0. The lowest BCUT2D eigenvalue weighted by Gasteiger charge is -2.20. The van der Waals surface area contributed by atoms with Crippen LogP contribution in [0.3, 0.4) is 0 Å². The van der Waals surface area contributed by atoms with Gasteiger partial charge in [-0.3, -0.25) is 23.4 Å². The van der Waals surface area contributed by atoms with Crippen molar-refractivity contribution in [1.82, 2.24) is 0 Å². The minimum atomic E-state index is -4.71. The Morgan fingerprint density at radius 3 is 1.02 bits per heavy atom. The van der Waals surface area contributed by atoms with E-state index in [2.05, 4.69) is 18.4 Å². The number of unbranched alkanes of at least 4 members (excludes halogenated alkanes) is 36. The summed E-state index contributed by atoms with van der Waals surface area (Å²) in [6, 6.07) is -1.52. The number of nitrogens with two attached hydrogens (primary N) is 1. The number of rotatable bonds is 50. The van der Waals surface area contributed by atoms with Gasteiger partial charge < -0.3 is 25.2 Å². The van der Waals surface area contributed by atoms with Crippen LogP contribution in [0.1, 0.15) is 271 Å². The van der Waals surface area contributed by atoms with Crippen LogP contribution in [-0.4, -0.2) is 59.9 Å². The largest absolute Gasteiger partial charge is 0.480 e. The van der Waals surface area contributed by atoms with Gasteiger partial charge in [0, 0.05) is 12.8 Å². The Balaban J connectivity index is 4.17. The molecule has 0 bridgehead atoms. The smallest absolute Gasteiger partial charge is 0.472 e. The Morgan fingerprint density at radius 1 is 0.435 bits per heavy atom. The van der Waals surface area contributed by atoms with Crippen LogP contribution < -0.4 is 5.73 Å². The number of carboxylic acids is 1. The summed E-state index contributed by atoms with van der Waals surface area (Å²) in [7, 11) is -4.71. The van der Waals surface area contributed by atoms with Crippen molar-refractivity contribution in [3.63, 3.8) is 0 Å². The Morgan fingerprint density at radius 2 is 0.710 bits per heavy atom. The highest BCUT2D eigenvalue weighted by Crippen LogP contribution is 2.43. The third kappa shape index (κ3) is 45.1. The average molecular weight is 904 g/mol. The van der Waals surface area contributed by atoms with Crippen LogP contribution in [0, 0.1) is 0 Å². The zero-order chi connectivity index (χ0) is 45.6. The fourth-order valence-electron chi connectivity index (χ4n) is 7.77. The van der Waals surface area contributed by atoms with E-state index in [1.54, 1.807) is 0 Å². The average Bonchev–Trinajstić information content (AvgIpc) is 3.25. The van der Waals surface area contributed by atoms with Crippen LogP contribution >= 0.6 is 7.82 Å². The van der Waals surface area contributed by atoms with E-state index in [1.807, 2.05) is 0 Å². The van der Waals surface area contributed by atoms with Crippen molar-refractivity contribution in [2.24, 2.45) is 5.73 Å². The summed E-state index contributed by atoms with van der Waals surface area (Å²) in [5, 5.41) is 8.92. The molecule has 3 atom stereocenters. The Labute approximate surface area is 380 Å². The zero-order valence-corrected chi connectivity index (χ0v) is 41.1. The molecular formula is C50H98NO10P. The number of hydrogen-bond donors (Lipinski definition) is 3. The number of aliphatic carboxylic acids is 1. The highest BCUT2D eigenvalue weighted by atomic mass is 31.2. The molecule has 0 rings (SSSR count). The third-order valence-electron chi connectivity index (χ3n) is 11.9. The number of ether oxygens (including phenoxy) is 2. The molecule has 0 aromatic carbocycles. The Bertz CT molecular complexity index is 1060. The van der Waals surface area contributed by atoms with E-state index < -0.39 is 51.1 Å². The van der Waals surface area contributed by atoms with Gasteiger partial charge in [-0.05, 0) is 12.8 Å². The SMILES string of the molecule is CCCCCCCCCCCCCCCCCCCCCCCC(=O)OC[C@H](COP(=O)(O)OC[C@H](N)C(=O)O)OC(=O)CCCCCCCCCCCCCCCCCCC. The minimum Gasteiger partial charge on any atom is -0.480 e. The van der Waals surface area contributed by atoms with E-state index in [-0.39, 0.29) is 19.4 Å². The number of carboxylic acid groups (broad SMARTS) is 1. The summed E-state index contributed by atoms with van der Waals surface area (Å²) in [5.41, 5.74) is 5.35. The maximum Gasteiger partial charge on any atom is 0.472 e. The van der Waals surface area contributed by atoms with E-state index in [4.69, 9.17) is 24.8 Å². The number of hydrogen-bond acceptors (Lipinski definition) is 9. The fraction of sp³-hybridized carbons (Fsp3) is 0.940. The molecule has 62 heavy (non-hydrogen) atoms. The van der Waals surface area contributed by atoms with Crippen molar-refractivity contribution in [3.8, 4) is 0 Å². The highest BCUT2D eigenvalue weighted by Gasteiger charge is 2.28. The first-order valence-corrected chi connectivity index (χ1v) is 27.6. The van der Waals surface area contributed by atoms with Gasteiger partial charge in [0.25, 0.3) is 0 Å². The van der Waals surface area contributed by atoms with E-state index in [1.165, 1.54) is 193 Å². The molecule has 4 N–H and O–H groups in total. The van der Waals surface area contributed by atoms with Crippen LogP contribution in [0.2, 0.25) is 0 Å². The topological polar surface area (TPSA) is 172 Å². The molecule has 1 unspecified atom stereocenters. The summed E-state index contributed by atoms with van der Waals surface area (Å²) in [4.78, 5) is 46.2. The standard InChI is InChI=1S/C50H98NO10P/c1-3-5-7-9-11-13-15-17-19-21-22-23-24-26-27-29-31-33-35-37-39-41-48(52)58-43-46(44-59-62(56,57)60-45-47(51)50(54)55)61-49(53)42-40-38-36-34-32-30-28-25-20-18-16-14-12-10-8-6-4-2/h46-47H,3-45,51H2,1-2H3,(H,54,55)(H,56,57)/t46-,47+/m1/s1. The summed E-state index contributed by atoms with van der Waals surface area (Å²) < 4.78 is 32.9. The number of carbonyl (C=O) groups is 3. The van der Waals surface area contributed by atoms with Crippen molar-refractivity contribution in [2.75, 3.05) is 19.8 Å². The van der Waals surface area contributed by atoms with Crippen LogP contribution in [0.15, 0.2) is 0 Å². The third-order valence-corrected chi connectivity index (χ3v) is 12.8. The van der Waals surface area contributed by atoms with E-state index in [0.717, 1.165) is 38.5 Å². The first kappa shape index (κ1) is 60.5. The molecule has 0 spiro atoms. The molecule has 0 aliphatic rings. The Kier molecular flexibility index (Phi) is 44.9. The molecule has 0 amide bonds. The zero-order valence-electron chi connectivity index (χ0n) is 40.2. The Hall–Kier alpha value is -1.52. The molecule has 368 valence electrons. The predicted molar refractivity (Wildman–Crippen MR) is 254 cm³/mol. The monoisotopic (exact) mass is 904 g/mol. The summed E-state index contributed by atoms with van der Waals surface area (Å²) in [5.74, 6) is -2.35. The first-order valence-electron chi connectivity index (χ1n) is 26.1. The van der Waals surface area contributed by atoms with Gasteiger partial charge in [-0.25, -0.2) is 4.57 Å². The number of esters is 2. The second kappa shape index (κ2) is 46.0. The van der Waals surface area contributed by atoms with Crippen LogP contribution in [0.25, 0.3) is 0 Å². The lowest BCUT2D eigenvalue weighted by atomic mass is 10.0. The van der Waals surface area contributed by atoms with Crippen molar-refractivity contribution in [3.05, 3.63) is 0 Å². The molecule has 0 aromatic rings. The minimum absolute atomic E-state index is 0.170. The van der Waals surface area contributed by atoms with Gasteiger partial charge in [-0.2, -0.15) is 0 Å². The number of carbonyl (C=O) groups excluding carboxylic acids is 2. The predicted octanol–water partition coefficient (Wildman–Crippen LogP) is 14.6. The molecule has 0 fully saturated rings. The van der Waals surface area contributed by atoms with Crippen LogP contribution in [0.5, 0.6) is 0 Å². The molecule has 11 nitrogen and oxygen atoms in total. The highest BCUT2D eigenvalue weighted by molar-refractivity contribution is 7.47. The van der Waals surface area contributed by atoms with Crippen molar-refractivity contribution in [2.45, 2.75) is 283 Å². The van der Waals surface area contributed by atoms with Gasteiger partial charge in [0.05, 0.1) is 13.2 Å². The molecule has 12 heteroatoms. The normalized spacial score (nSPS) is 13.5. The van der Waals surface area contributed by atoms with Crippen LogP contribution in [-0.2, 0) is 37.5 Å². The maximum absolute atomic E-state index is 12.7. The second-order valence-corrected chi connectivity index (χ2v) is 19.5. The van der Waals surface area contributed by atoms with E-state index >= 15 is 0 Å². The van der Waals surface area contributed by atoms with E-state index in [9.17, 15) is 23.8 Å². The van der Waals surface area contributed by atoms with Gasteiger partial charge in [-0.15, -0.1) is 0 Å².